The molecule has 4 aliphatic rings. The van der Waals surface area contributed by atoms with E-state index in [0.717, 1.165) is 31.6 Å². The average Bonchev–Trinajstić information content (AvgIpc) is 3.01. The molecule has 0 heterocycles. The molecule has 0 saturated heterocycles. The molecule has 3 N–H and O–H groups in total. The first-order valence-corrected chi connectivity index (χ1v) is 12.2. The van der Waals surface area contributed by atoms with Gasteiger partial charge >= 0.3 is 5.97 Å². The molecule has 0 aliphatic heterocycles. The van der Waals surface area contributed by atoms with Crippen molar-refractivity contribution in [3.05, 3.63) is 0 Å². The molecule has 4 fully saturated rings. The molecule has 0 aromatic carbocycles. The van der Waals surface area contributed by atoms with Crippen LogP contribution >= 0.6 is 0 Å². The van der Waals surface area contributed by atoms with E-state index in [1.54, 1.807) is 0 Å². The third-order valence-electron chi connectivity index (χ3n) is 10.6. The van der Waals surface area contributed by atoms with Crippen LogP contribution in [0.25, 0.3) is 0 Å². The highest BCUT2D eigenvalue weighted by Crippen LogP contribution is 2.68. The standard InChI is InChI=1S/C25H42O4/c1-14-9-10-24(3)16(11-14)12-20(26)23-18-7-6-17(15(2)5-8-22(28)29)25(18,4)21(27)13-19(23)24/h14-21,23,26-27H,5-13H2,1-4H3,(H,28,29)/t14?,15?,16?,17?,18?,19?,20?,21-,23?,24?,25?/m0/s1. The Morgan fingerprint density at radius 3 is 2.48 bits per heavy atom. The summed E-state index contributed by atoms with van der Waals surface area (Å²) in [6.07, 6.45) is 7.94. The van der Waals surface area contributed by atoms with E-state index in [2.05, 4.69) is 27.7 Å². The first kappa shape index (κ1) is 21.6. The number of hydrogen-bond donors (Lipinski definition) is 3. The Labute approximate surface area is 176 Å². The van der Waals surface area contributed by atoms with E-state index in [4.69, 9.17) is 5.11 Å². The van der Waals surface area contributed by atoms with E-state index in [1.807, 2.05) is 0 Å². The number of hydrogen-bond acceptors (Lipinski definition) is 3. The molecule has 11 atom stereocenters. The Kier molecular flexibility index (Phi) is 5.60. The van der Waals surface area contributed by atoms with E-state index in [0.29, 0.717) is 41.9 Å². The molecule has 0 aromatic rings. The van der Waals surface area contributed by atoms with Crippen LogP contribution in [0.4, 0.5) is 0 Å². The largest absolute Gasteiger partial charge is 0.481 e. The van der Waals surface area contributed by atoms with E-state index < -0.39 is 5.97 Å². The van der Waals surface area contributed by atoms with E-state index in [-0.39, 0.29) is 29.5 Å². The quantitative estimate of drug-likeness (QED) is 0.631. The summed E-state index contributed by atoms with van der Waals surface area (Å²) in [6, 6.07) is 0. The molecule has 29 heavy (non-hydrogen) atoms. The highest BCUT2D eigenvalue weighted by atomic mass is 16.4. The summed E-state index contributed by atoms with van der Waals surface area (Å²) in [5.74, 6) is 2.35. The number of aliphatic hydroxyl groups excluding tert-OH is 2. The molecule has 0 bridgehead atoms. The van der Waals surface area contributed by atoms with Crippen molar-refractivity contribution in [2.24, 2.45) is 52.3 Å². The normalized spacial score (nSPS) is 52.9. The highest BCUT2D eigenvalue weighted by Gasteiger charge is 2.65. The van der Waals surface area contributed by atoms with Crippen molar-refractivity contribution in [2.45, 2.75) is 97.7 Å². The van der Waals surface area contributed by atoms with Gasteiger partial charge in [-0.15, -0.1) is 0 Å². The molecule has 10 unspecified atom stereocenters. The second-order valence-electron chi connectivity index (χ2n) is 11.9. The first-order valence-electron chi connectivity index (χ1n) is 12.2. The monoisotopic (exact) mass is 406 g/mol. The lowest BCUT2D eigenvalue weighted by molar-refractivity contribution is -0.203. The summed E-state index contributed by atoms with van der Waals surface area (Å²) in [7, 11) is 0. The molecule has 0 amide bonds. The predicted molar refractivity (Wildman–Crippen MR) is 113 cm³/mol. The number of aliphatic carboxylic acids is 1. The fourth-order valence-electron chi connectivity index (χ4n) is 8.92. The Morgan fingerprint density at radius 1 is 1.07 bits per heavy atom. The van der Waals surface area contributed by atoms with Crippen molar-refractivity contribution in [3.63, 3.8) is 0 Å². The van der Waals surface area contributed by atoms with Gasteiger partial charge in [-0.1, -0.05) is 34.1 Å². The Hall–Kier alpha value is -0.610. The zero-order chi connectivity index (χ0) is 21.1. The second-order valence-corrected chi connectivity index (χ2v) is 11.9. The minimum Gasteiger partial charge on any atom is -0.481 e. The van der Waals surface area contributed by atoms with Gasteiger partial charge in [-0.3, -0.25) is 4.79 Å². The van der Waals surface area contributed by atoms with Crippen LogP contribution in [0.3, 0.4) is 0 Å². The highest BCUT2D eigenvalue weighted by molar-refractivity contribution is 5.66. The van der Waals surface area contributed by atoms with Crippen LogP contribution in [0, 0.1) is 52.3 Å². The second kappa shape index (κ2) is 7.51. The van der Waals surface area contributed by atoms with Gasteiger partial charge in [0.2, 0.25) is 0 Å². The summed E-state index contributed by atoms with van der Waals surface area (Å²) in [6.45, 7) is 9.25. The first-order chi connectivity index (χ1) is 13.6. The Morgan fingerprint density at radius 2 is 1.79 bits per heavy atom. The molecule has 4 aliphatic carbocycles. The van der Waals surface area contributed by atoms with Crippen LogP contribution in [0.5, 0.6) is 0 Å². The third kappa shape index (κ3) is 3.28. The summed E-state index contributed by atoms with van der Waals surface area (Å²) >= 11 is 0. The molecule has 0 aromatic heterocycles. The zero-order valence-electron chi connectivity index (χ0n) is 18.8. The van der Waals surface area contributed by atoms with Crippen LogP contribution in [-0.2, 0) is 4.79 Å². The number of aliphatic hydroxyl groups is 2. The van der Waals surface area contributed by atoms with Gasteiger partial charge in [-0.25, -0.2) is 0 Å². The van der Waals surface area contributed by atoms with Gasteiger partial charge in [0.05, 0.1) is 12.2 Å². The van der Waals surface area contributed by atoms with Crippen LogP contribution in [-0.4, -0.2) is 33.5 Å². The van der Waals surface area contributed by atoms with E-state index >= 15 is 0 Å². The van der Waals surface area contributed by atoms with E-state index in [9.17, 15) is 15.0 Å². The Bertz CT molecular complexity index is 634. The summed E-state index contributed by atoms with van der Waals surface area (Å²) in [5, 5.41) is 32.0. The van der Waals surface area contributed by atoms with Gasteiger partial charge in [0.25, 0.3) is 0 Å². The maximum Gasteiger partial charge on any atom is 0.303 e. The lowest BCUT2D eigenvalue weighted by Gasteiger charge is -2.63. The van der Waals surface area contributed by atoms with Crippen LogP contribution in [0.15, 0.2) is 0 Å². The number of carboxylic acids is 1. The van der Waals surface area contributed by atoms with Crippen molar-refractivity contribution in [3.8, 4) is 0 Å². The average molecular weight is 407 g/mol. The minimum absolute atomic E-state index is 0.189. The lowest BCUT2D eigenvalue weighted by Crippen LogP contribution is -2.62. The predicted octanol–water partition coefficient (Wildman–Crippen LogP) is 4.72. The maximum atomic E-state index is 11.5. The zero-order valence-corrected chi connectivity index (χ0v) is 18.8. The number of rotatable bonds is 4. The molecule has 0 radical (unpaired) electrons. The minimum atomic E-state index is -0.728. The van der Waals surface area contributed by atoms with Gasteiger partial charge < -0.3 is 15.3 Å². The fourth-order valence-corrected chi connectivity index (χ4v) is 8.92. The molecule has 166 valence electrons. The van der Waals surface area contributed by atoms with Gasteiger partial charge in [0, 0.05) is 6.42 Å². The Balaban J connectivity index is 1.61. The molecule has 4 rings (SSSR count). The molecule has 4 nitrogen and oxygen atoms in total. The van der Waals surface area contributed by atoms with Crippen LogP contribution < -0.4 is 0 Å². The van der Waals surface area contributed by atoms with Crippen molar-refractivity contribution >= 4 is 5.97 Å². The van der Waals surface area contributed by atoms with Crippen molar-refractivity contribution in [2.75, 3.05) is 0 Å². The van der Waals surface area contributed by atoms with Crippen molar-refractivity contribution < 1.29 is 20.1 Å². The number of fused-ring (bicyclic) bond motifs is 5. The molecular weight excluding hydrogens is 364 g/mol. The summed E-state index contributed by atoms with van der Waals surface area (Å²) in [5.41, 5.74) is 0.0664. The number of carbonyl (C=O) groups is 1. The smallest absolute Gasteiger partial charge is 0.303 e. The number of carboxylic acid groups (broad SMARTS) is 1. The lowest BCUT2D eigenvalue weighted by atomic mass is 9.42. The van der Waals surface area contributed by atoms with Gasteiger partial charge in [-0.2, -0.15) is 0 Å². The summed E-state index contributed by atoms with van der Waals surface area (Å²) < 4.78 is 0. The SMILES string of the molecule is CC1CCC2(C)C(C1)CC(O)C1C2C[C@H](O)C2(C)C(C(C)CCC(=O)O)CCC12. The van der Waals surface area contributed by atoms with Crippen LogP contribution in [0.2, 0.25) is 0 Å². The molecule has 4 heteroatoms. The summed E-state index contributed by atoms with van der Waals surface area (Å²) in [4.78, 5) is 11.1. The van der Waals surface area contributed by atoms with E-state index in [1.165, 1.54) is 19.3 Å². The van der Waals surface area contributed by atoms with Gasteiger partial charge in [0.1, 0.15) is 0 Å². The molecular formula is C25H42O4. The fraction of sp³-hybridized carbons (Fsp3) is 0.960. The topological polar surface area (TPSA) is 77.8 Å². The van der Waals surface area contributed by atoms with Crippen LogP contribution in [0.1, 0.15) is 85.5 Å². The third-order valence-corrected chi connectivity index (χ3v) is 10.6. The maximum absolute atomic E-state index is 11.5. The molecule has 4 saturated carbocycles. The van der Waals surface area contributed by atoms with Gasteiger partial charge in [0.15, 0.2) is 0 Å². The molecule has 0 spiro atoms. The van der Waals surface area contributed by atoms with Gasteiger partial charge in [-0.05, 0) is 97.2 Å². The van der Waals surface area contributed by atoms with Crippen molar-refractivity contribution in [1.29, 1.82) is 0 Å². The van der Waals surface area contributed by atoms with Crippen molar-refractivity contribution in [1.82, 2.24) is 0 Å².